The standard InChI is InChI=1S/C15H26N2O/c1-7-8-18-16-13-9-11-12(14(11,2)3)10-15(13,4)17(5)6/h7,11-12H,1,8-10H2,2-6H3/b16-13-/t11-,12+,15+/m0/s1. The van der Waals surface area contributed by atoms with Gasteiger partial charge in [-0.25, -0.2) is 0 Å². The first-order valence-electron chi connectivity index (χ1n) is 6.81. The van der Waals surface area contributed by atoms with E-state index in [0.29, 0.717) is 12.0 Å². The summed E-state index contributed by atoms with van der Waals surface area (Å²) in [7, 11) is 4.28. The fourth-order valence-electron chi connectivity index (χ4n) is 3.39. The predicted octanol–water partition coefficient (Wildman–Crippen LogP) is 2.93. The van der Waals surface area contributed by atoms with Gasteiger partial charge < -0.3 is 4.84 Å². The Hall–Kier alpha value is -0.830. The average Bonchev–Trinajstić information content (AvgIpc) is 2.80. The number of hydrogen-bond acceptors (Lipinski definition) is 3. The minimum absolute atomic E-state index is 0.0378. The number of hydrogen-bond donors (Lipinski definition) is 0. The number of nitrogens with zero attached hydrogens (tertiary/aromatic N) is 2. The van der Waals surface area contributed by atoms with E-state index in [1.807, 2.05) is 0 Å². The second kappa shape index (κ2) is 4.37. The van der Waals surface area contributed by atoms with Gasteiger partial charge in [-0.15, -0.1) is 0 Å². The Morgan fingerprint density at radius 1 is 1.39 bits per heavy atom. The molecule has 3 nitrogen and oxygen atoms in total. The van der Waals surface area contributed by atoms with Gasteiger partial charge in [0.2, 0.25) is 0 Å². The first-order chi connectivity index (χ1) is 8.34. The molecule has 0 aromatic rings. The molecule has 18 heavy (non-hydrogen) atoms. The molecule has 0 bridgehead atoms. The van der Waals surface area contributed by atoms with Gasteiger partial charge in [0.05, 0.1) is 11.3 Å². The van der Waals surface area contributed by atoms with Gasteiger partial charge in [0.25, 0.3) is 0 Å². The molecule has 0 saturated heterocycles. The van der Waals surface area contributed by atoms with E-state index in [0.717, 1.165) is 18.3 Å². The van der Waals surface area contributed by atoms with E-state index >= 15 is 0 Å². The topological polar surface area (TPSA) is 24.8 Å². The first kappa shape index (κ1) is 13.6. The fraction of sp³-hybridized carbons (Fsp3) is 0.800. The zero-order valence-electron chi connectivity index (χ0n) is 12.4. The largest absolute Gasteiger partial charge is 0.392 e. The third kappa shape index (κ3) is 1.99. The van der Waals surface area contributed by atoms with Crippen LogP contribution in [0.4, 0.5) is 0 Å². The summed E-state index contributed by atoms with van der Waals surface area (Å²) in [6.07, 6.45) is 4.00. The summed E-state index contributed by atoms with van der Waals surface area (Å²) in [6.45, 7) is 11.2. The number of oxime groups is 1. The van der Waals surface area contributed by atoms with Crippen molar-refractivity contribution < 1.29 is 4.84 Å². The van der Waals surface area contributed by atoms with Crippen LogP contribution in [0.15, 0.2) is 17.8 Å². The van der Waals surface area contributed by atoms with Gasteiger partial charge in [0.1, 0.15) is 6.61 Å². The van der Waals surface area contributed by atoms with Crippen molar-refractivity contribution in [2.75, 3.05) is 20.7 Å². The van der Waals surface area contributed by atoms with Gasteiger partial charge in [0.15, 0.2) is 0 Å². The predicted molar refractivity (Wildman–Crippen MR) is 75.7 cm³/mol. The summed E-state index contributed by atoms with van der Waals surface area (Å²) in [4.78, 5) is 7.63. The van der Waals surface area contributed by atoms with Crippen LogP contribution in [0.1, 0.15) is 33.6 Å². The van der Waals surface area contributed by atoms with Crippen LogP contribution >= 0.6 is 0 Å². The molecule has 2 saturated carbocycles. The van der Waals surface area contributed by atoms with Crippen LogP contribution < -0.4 is 0 Å². The highest BCUT2D eigenvalue weighted by Gasteiger charge is 2.63. The van der Waals surface area contributed by atoms with Crippen LogP contribution in [-0.2, 0) is 4.84 Å². The second-order valence-electron chi connectivity index (χ2n) is 6.73. The maximum absolute atomic E-state index is 5.35. The summed E-state index contributed by atoms with van der Waals surface area (Å²) in [6, 6.07) is 0. The lowest BCUT2D eigenvalue weighted by molar-refractivity contribution is 0.153. The van der Waals surface area contributed by atoms with Crippen molar-refractivity contribution in [1.82, 2.24) is 4.90 Å². The minimum Gasteiger partial charge on any atom is -0.392 e. The molecule has 0 N–H and O–H groups in total. The summed E-state index contributed by atoms with van der Waals surface area (Å²) in [5.74, 6) is 1.62. The molecular weight excluding hydrogens is 224 g/mol. The zero-order chi connectivity index (χ0) is 13.6. The van der Waals surface area contributed by atoms with Gasteiger partial charge in [-0.3, -0.25) is 4.90 Å². The molecule has 0 spiro atoms. The van der Waals surface area contributed by atoms with Gasteiger partial charge in [-0.1, -0.05) is 31.7 Å². The maximum atomic E-state index is 5.35. The van der Waals surface area contributed by atoms with E-state index in [1.165, 1.54) is 12.1 Å². The fourth-order valence-corrected chi connectivity index (χ4v) is 3.39. The minimum atomic E-state index is 0.0378. The first-order valence-corrected chi connectivity index (χ1v) is 6.81. The quantitative estimate of drug-likeness (QED) is 0.435. The van der Waals surface area contributed by atoms with E-state index in [4.69, 9.17) is 4.84 Å². The summed E-state index contributed by atoms with van der Waals surface area (Å²) >= 11 is 0. The van der Waals surface area contributed by atoms with Crippen LogP contribution in [0.2, 0.25) is 0 Å². The number of fused-ring (bicyclic) bond motifs is 1. The molecule has 2 fully saturated rings. The Balaban J connectivity index is 2.19. The molecular formula is C15H26N2O. The summed E-state index contributed by atoms with van der Waals surface area (Å²) in [5.41, 5.74) is 1.71. The lowest BCUT2D eigenvalue weighted by Gasteiger charge is -2.40. The molecule has 0 unspecified atom stereocenters. The molecule has 0 aromatic heterocycles. The number of rotatable bonds is 4. The zero-order valence-corrected chi connectivity index (χ0v) is 12.4. The Bertz CT molecular complexity index is 373. The van der Waals surface area contributed by atoms with E-state index in [2.05, 4.69) is 51.5 Å². The van der Waals surface area contributed by atoms with Crippen molar-refractivity contribution in [3.8, 4) is 0 Å². The molecule has 3 atom stereocenters. The summed E-state index contributed by atoms with van der Waals surface area (Å²) < 4.78 is 0. The highest BCUT2D eigenvalue weighted by molar-refractivity contribution is 5.94. The average molecular weight is 250 g/mol. The molecule has 0 heterocycles. The Kier molecular flexibility index (Phi) is 3.30. The van der Waals surface area contributed by atoms with Crippen LogP contribution in [0.5, 0.6) is 0 Å². The highest BCUT2D eigenvalue weighted by atomic mass is 16.6. The molecule has 2 aliphatic carbocycles. The van der Waals surface area contributed by atoms with Gasteiger partial charge in [-0.05, 0) is 51.1 Å². The monoisotopic (exact) mass is 250 g/mol. The molecule has 0 aromatic carbocycles. The lowest BCUT2D eigenvalue weighted by atomic mass is 9.80. The lowest BCUT2D eigenvalue weighted by Crippen LogP contribution is -2.51. The molecule has 0 aliphatic heterocycles. The van der Waals surface area contributed by atoms with Crippen LogP contribution in [-0.4, -0.2) is 36.9 Å². The van der Waals surface area contributed by atoms with E-state index in [9.17, 15) is 0 Å². The van der Waals surface area contributed by atoms with Crippen molar-refractivity contribution in [3.05, 3.63) is 12.7 Å². The Morgan fingerprint density at radius 2 is 2.06 bits per heavy atom. The molecule has 3 heteroatoms. The third-order valence-corrected chi connectivity index (χ3v) is 5.29. The molecule has 2 rings (SSSR count). The Morgan fingerprint density at radius 3 is 2.61 bits per heavy atom. The molecule has 0 amide bonds. The van der Waals surface area contributed by atoms with Crippen molar-refractivity contribution in [3.63, 3.8) is 0 Å². The van der Waals surface area contributed by atoms with E-state index in [1.54, 1.807) is 6.08 Å². The smallest absolute Gasteiger partial charge is 0.135 e. The van der Waals surface area contributed by atoms with Crippen molar-refractivity contribution in [2.24, 2.45) is 22.4 Å². The van der Waals surface area contributed by atoms with Gasteiger partial charge in [0, 0.05) is 0 Å². The molecule has 0 radical (unpaired) electrons. The normalized spacial score (nSPS) is 39.6. The molecule has 102 valence electrons. The molecule has 2 aliphatic rings. The van der Waals surface area contributed by atoms with Gasteiger partial charge >= 0.3 is 0 Å². The van der Waals surface area contributed by atoms with Gasteiger partial charge in [-0.2, -0.15) is 0 Å². The van der Waals surface area contributed by atoms with Crippen molar-refractivity contribution in [1.29, 1.82) is 0 Å². The maximum Gasteiger partial charge on any atom is 0.135 e. The van der Waals surface area contributed by atoms with E-state index < -0.39 is 0 Å². The third-order valence-electron chi connectivity index (χ3n) is 5.29. The van der Waals surface area contributed by atoms with Crippen LogP contribution in [0.25, 0.3) is 0 Å². The van der Waals surface area contributed by atoms with Crippen LogP contribution in [0.3, 0.4) is 0 Å². The summed E-state index contributed by atoms with van der Waals surface area (Å²) in [5, 5.41) is 4.39. The Labute approximate surface area is 111 Å². The van der Waals surface area contributed by atoms with Crippen molar-refractivity contribution in [2.45, 2.75) is 39.2 Å². The highest BCUT2D eigenvalue weighted by Crippen LogP contribution is 2.66. The van der Waals surface area contributed by atoms with E-state index in [-0.39, 0.29) is 5.54 Å². The SMILES string of the molecule is C=CCO/N=C1/C[C@H]2[C@@H](C[C@@]1(C)N(C)C)C2(C)C. The second-order valence-corrected chi connectivity index (χ2v) is 6.73. The van der Waals surface area contributed by atoms with Crippen molar-refractivity contribution >= 4 is 5.71 Å². The van der Waals surface area contributed by atoms with Crippen LogP contribution in [0, 0.1) is 17.3 Å².